The van der Waals surface area contributed by atoms with Crippen LogP contribution < -0.4 is 10.5 Å². The Morgan fingerprint density at radius 2 is 2.12 bits per heavy atom. The SMILES string of the molecule is CC1(Oc2ccccc2)CCN(C(N)=O)C1. The van der Waals surface area contributed by atoms with E-state index in [0.717, 1.165) is 12.2 Å². The quantitative estimate of drug-likeness (QED) is 0.823. The van der Waals surface area contributed by atoms with Crippen LogP contribution in [-0.4, -0.2) is 29.6 Å². The van der Waals surface area contributed by atoms with Crippen molar-refractivity contribution in [2.75, 3.05) is 13.1 Å². The molecule has 86 valence electrons. The Labute approximate surface area is 95.0 Å². The minimum atomic E-state index is -0.375. The average molecular weight is 220 g/mol. The third kappa shape index (κ3) is 2.27. The van der Waals surface area contributed by atoms with E-state index in [1.807, 2.05) is 37.3 Å². The summed E-state index contributed by atoms with van der Waals surface area (Å²) in [6, 6.07) is 9.26. The Kier molecular flexibility index (Phi) is 2.73. The van der Waals surface area contributed by atoms with E-state index >= 15 is 0 Å². The number of carbonyl (C=O) groups excluding carboxylic acids is 1. The number of urea groups is 1. The number of para-hydroxylation sites is 1. The van der Waals surface area contributed by atoms with Gasteiger partial charge in [0.15, 0.2) is 0 Å². The summed E-state index contributed by atoms with van der Waals surface area (Å²) < 4.78 is 5.89. The fourth-order valence-electron chi connectivity index (χ4n) is 1.98. The summed E-state index contributed by atoms with van der Waals surface area (Å²) in [5.74, 6) is 0.830. The number of benzene rings is 1. The van der Waals surface area contributed by atoms with Crippen LogP contribution in [0.1, 0.15) is 13.3 Å². The maximum atomic E-state index is 11.0. The summed E-state index contributed by atoms with van der Waals surface area (Å²) in [6.45, 7) is 3.22. The predicted octanol–water partition coefficient (Wildman–Crippen LogP) is 1.61. The van der Waals surface area contributed by atoms with E-state index in [-0.39, 0.29) is 11.6 Å². The van der Waals surface area contributed by atoms with Crippen LogP contribution in [-0.2, 0) is 0 Å². The molecule has 2 N–H and O–H groups in total. The standard InChI is InChI=1S/C12H16N2O2/c1-12(7-8-14(9-12)11(13)15)16-10-5-3-2-4-6-10/h2-6H,7-9H2,1H3,(H2,13,15). The fourth-order valence-corrected chi connectivity index (χ4v) is 1.98. The smallest absolute Gasteiger partial charge is 0.314 e. The Hall–Kier alpha value is -1.71. The molecule has 1 atom stereocenters. The number of amides is 2. The topological polar surface area (TPSA) is 55.6 Å². The molecule has 1 unspecified atom stereocenters. The van der Waals surface area contributed by atoms with Gasteiger partial charge < -0.3 is 15.4 Å². The minimum absolute atomic E-state index is 0.323. The number of likely N-dealkylation sites (tertiary alicyclic amines) is 1. The van der Waals surface area contributed by atoms with Crippen molar-refractivity contribution in [3.63, 3.8) is 0 Å². The second kappa shape index (κ2) is 4.04. The lowest BCUT2D eigenvalue weighted by molar-refractivity contribution is 0.0999. The van der Waals surface area contributed by atoms with Crippen molar-refractivity contribution in [3.05, 3.63) is 30.3 Å². The maximum absolute atomic E-state index is 11.0. The molecule has 0 bridgehead atoms. The van der Waals surface area contributed by atoms with E-state index in [0.29, 0.717) is 13.1 Å². The normalized spacial score (nSPS) is 24.4. The van der Waals surface area contributed by atoms with E-state index in [9.17, 15) is 4.79 Å². The zero-order valence-electron chi connectivity index (χ0n) is 9.35. The molecular weight excluding hydrogens is 204 g/mol. The molecule has 2 amide bonds. The van der Waals surface area contributed by atoms with Gasteiger partial charge >= 0.3 is 6.03 Å². The van der Waals surface area contributed by atoms with Crippen molar-refractivity contribution in [1.29, 1.82) is 0 Å². The first-order chi connectivity index (χ1) is 7.59. The van der Waals surface area contributed by atoms with Gasteiger partial charge in [-0.15, -0.1) is 0 Å². The molecule has 1 fully saturated rings. The molecule has 4 nitrogen and oxygen atoms in total. The second-order valence-electron chi connectivity index (χ2n) is 4.37. The minimum Gasteiger partial charge on any atom is -0.486 e. The van der Waals surface area contributed by atoms with Gasteiger partial charge in [-0.25, -0.2) is 4.79 Å². The first kappa shape index (κ1) is 10.8. The number of carbonyl (C=O) groups is 1. The lowest BCUT2D eigenvalue weighted by Crippen LogP contribution is -2.40. The van der Waals surface area contributed by atoms with E-state index < -0.39 is 0 Å². The van der Waals surface area contributed by atoms with E-state index in [2.05, 4.69) is 0 Å². The number of nitrogens with zero attached hydrogens (tertiary/aromatic N) is 1. The van der Waals surface area contributed by atoms with Crippen LogP contribution in [0.3, 0.4) is 0 Å². The van der Waals surface area contributed by atoms with Gasteiger partial charge in [-0.05, 0) is 19.1 Å². The molecule has 1 heterocycles. The van der Waals surface area contributed by atoms with Crippen molar-refractivity contribution in [2.45, 2.75) is 18.9 Å². The summed E-state index contributed by atoms with van der Waals surface area (Å²) in [5.41, 5.74) is 4.92. The van der Waals surface area contributed by atoms with E-state index in [4.69, 9.17) is 10.5 Å². The maximum Gasteiger partial charge on any atom is 0.314 e. The molecule has 0 spiro atoms. The summed E-state index contributed by atoms with van der Waals surface area (Å²) in [5, 5.41) is 0. The van der Waals surface area contributed by atoms with Crippen molar-refractivity contribution in [3.8, 4) is 5.75 Å². The summed E-state index contributed by atoms with van der Waals surface area (Å²) in [6.07, 6.45) is 0.810. The summed E-state index contributed by atoms with van der Waals surface area (Å²) in [4.78, 5) is 12.6. The Balaban J connectivity index is 2.03. The Morgan fingerprint density at radius 1 is 1.44 bits per heavy atom. The Morgan fingerprint density at radius 3 is 2.69 bits per heavy atom. The fraction of sp³-hybridized carbons (Fsp3) is 0.417. The number of hydrogen-bond acceptors (Lipinski definition) is 2. The van der Waals surface area contributed by atoms with Crippen molar-refractivity contribution < 1.29 is 9.53 Å². The molecule has 1 aliphatic heterocycles. The van der Waals surface area contributed by atoms with Crippen LogP contribution in [0.25, 0.3) is 0 Å². The highest BCUT2D eigenvalue weighted by Crippen LogP contribution is 2.27. The number of hydrogen-bond donors (Lipinski definition) is 1. The van der Waals surface area contributed by atoms with E-state index in [1.54, 1.807) is 4.90 Å². The molecule has 16 heavy (non-hydrogen) atoms. The van der Waals surface area contributed by atoms with Crippen LogP contribution in [0.2, 0.25) is 0 Å². The number of primary amides is 1. The van der Waals surface area contributed by atoms with Crippen LogP contribution >= 0.6 is 0 Å². The number of rotatable bonds is 2. The van der Waals surface area contributed by atoms with Gasteiger partial charge in [0.25, 0.3) is 0 Å². The molecule has 1 aromatic carbocycles. The van der Waals surface area contributed by atoms with Crippen molar-refractivity contribution in [2.24, 2.45) is 5.73 Å². The Bertz CT molecular complexity index is 380. The van der Waals surface area contributed by atoms with Gasteiger partial charge in [0.2, 0.25) is 0 Å². The summed E-state index contributed by atoms with van der Waals surface area (Å²) in [7, 11) is 0. The van der Waals surface area contributed by atoms with Gasteiger partial charge in [0.1, 0.15) is 11.4 Å². The predicted molar refractivity (Wildman–Crippen MR) is 61.2 cm³/mol. The largest absolute Gasteiger partial charge is 0.486 e. The first-order valence-electron chi connectivity index (χ1n) is 5.37. The van der Waals surface area contributed by atoms with Gasteiger partial charge in [-0.2, -0.15) is 0 Å². The average Bonchev–Trinajstić information content (AvgIpc) is 2.62. The third-order valence-corrected chi connectivity index (χ3v) is 2.86. The highest BCUT2D eigenvalue weighted by molar-refractivity contribution is 5.72. The molecule has 0 saturated carbocycles. The van der Waals surface area contributed by atoms with Gasteiger partial charge in [0, 0.05) is 13.0 Å². The van der Waals surface area contributed by atoms with Gasteiger partial charge in [-0.3, -0.25) is 0 Å². The first-order valence-corrected chi connectivity index (χ1v) is 5.37. The zero-order valence-corrected chi connectivity index (χ0v) is 9.35. The van der Waals surface area contributed by atoms with Crippen molar-refractivity contribution >= 4 is 6.03 Å². The molecule has 0 aromatic heterocycles. The highest BCUT2D eigenvalue weighted by atomic mass is 16.5. The molecule has 1 saturated heterocycles. The van der Waals surface area contributed by atoms with E-state index in [1.165, 1.54) is 0 Å². The molecule has 1 aromatic rings. The van der Waals surface area contributed by atoms with Crippen LogP contribution in [0.15, 0.2) is 30.3 Å². The molecular formula is C12H16N2O2. The summed E-state index contributed by atoms with van der Waals surface area (Å²) >= 11 is 0. The lowest BCUT2D eigenvalue weighted by Gasteiger charge is -2.25. The van der Waals surface area contributed by atoms with Crippen LogP contribution in [0, 0.1) is 0 Å². The van der Waals surface area contributed by atoms with Crippen LogP contribution in [0.5, 0.6) is 5.75 Å². The molecule has 2 rings (SSSR count). The molecule has 0 aliphatic carbocycles. The zero-order chi connectivity index (χ0) is 11.6. The lowest BCUT2D eigenvalue weighted by atomic mass is 10.1. The second-order valence-corrected chi connectivity index (χ2v) is 4.37. The van der Waals surface area contributed by atoms with Gasteiger partial charge in [0.05, 0.1) is 6.54 Å². The van der Waals surface area contributed by atoms with Crippen LogP contribution in [0.4, 0.5) is 4.79 Å². The highest BCUT2D eigenvalue weighted by Gasteiger charge is 2.37. The number of nitrogens with two attached hydrogens (primary N) is 1. The molecule has 4 heteroatoms. The monoisotopic (exact) mass is 220 g/mol. The third-order valence-electron chi connectivity index (χ3n) is 2.86. The van der Waals surface area contributed by atoms with Crippen molar-refractivity contribution in [1.82, 2.24) is 4.90 Å². The number of ether oxygens (including phenoxy) is 1. The van der Waals surface area contributed by atoms with Gasteiger partial charge in [-0.1, -0.05) is 18.2 Å². The molecule has 0 radical (unpaired) electrons. The molecule has 1 aliphatic rings.